The van der Waals surface area contributed by atoms with Crippen LogP contribution in [0.2, 0.25) is 0 Å². The van der Waals surface area contributed by atoms with Crippen molar-refractivity contribution in [3.63, 3.8) is 0 Å². The number of rotatable bonds is 9. The molecule has 3 rings (SSSR count). The van der Waals surface area contributed by atoms with Crippen LogP contribution in [0.15, 0.2) is 29.7 Å². The fourth-order valence-electron chi connectivity index (χ4n) is 3.59. The molecule has 0 saturated heterocycles. The predicted molar refractivity (Wildman–Crippen MR) is 110 cm³/mol. The summed E-state index contributed by atoms with van der Waals surface area (Å²) in [6.45, 7) is 2.05. The molecule has 0 unspecified atom stereocenters. The summed E-state index contributed by atoms with van der Waals surface area (Å²) >= 11 is 1.44. The summed E-state index contributed by atoms with van der Waals surface area (Å²) in [5, 5.41) is 9.40. The Morgan fingerprint density at radius 2 is 2.00 bits per heavy atom. The summed E-state index contributed by atoms with van der Waals surface area (Å²) in [4.78, 5) is 18.5. The molecule has 2 aromatic heterocycles. The van der Waals surface area contributed by atoms with E-state index in [9.17, 15) is 4.79 Å². The molecule has 1 aliphatic carbocycles. The summed E-state index contributed by atoms with van der Waals surface area (Å²) in [6.07, 6.45) is 9.88. The lowest BCUT2D eigenvalue weighted by atomic mass is 9.89. The zero-order chi connectivity index (χ0) is 19.8. The molecule has 1 fully saturated rings. The number of methoxy groups -OCH3 is 1. The molecule has 7 nitrogen and oxygen atoms in total. The van der Waals surface area contributed by atoms with Crippen molar-refractivity contribution in [2.45, 2.75) is 43.8 Å². The predicted octanol–water partition coefficient (Wildman–Crippen LogP) is 3.12. The maximum absolute atomic E-state index is 12.6. The zero-order valence-corrected chi connectivity index (χ0v) is 17.5. The van der Waals surface area contributed by atoms with Gasteiger partial charge in [-0.25, -0.2) is 0 Å². The number of nitrogens with zero attached hydrogens (tertiary/aromatic N) is 5. The maximum Gasteiger partial charge on any atom is 0.232 e. The first-order chi connectivity index (χ1) is 13.7. The van der Waals surface area contributed by atoms with Crippen LogP contribution in [0.1, 0.15) is 32.1 Å². The highest BCUT2D eigenvalue weighted by Gasteiger charge is 2.20. The molecule has 0 spiro atoms. The van der Waals surface area contributed by atoms with Crippen LogP contribution in [-0.4, -0.2) is 63.6 Å². The molecule has 152 valence electrons. The van der Waals surface area contributed by atoms with Crippen LogP contribution < -0.4 is 0 Å². The molecular weight excluding hydrogens is 374 g/mol. The van der Waals surface area contributed by atoms with E-state index < -0.39 is 0 Å². The van der Waals surface area contributed by atoms with Gasteiger partial charge in [0.15, 0.2) is 11.0 Å². The number of aromatic nitrogens is 4. The number of pyridine rings is 1. The van der Waals surface area contributed by atoms with Crippen molar-refractivity contribution in [3.8, 4) is 11.4 Å². The zero-order valence-electron chi connectivity index (χ0n) is 16.7. The molecule has 0 atom stereocenters. The van der Waals surface area contributed by atoms with E-state index in [1.165, 1.54) is 43.9 Å². The number of ether oxygens (including phenoxy) is 1. The van der Waals surface area contributed by atoms with Gasteiger partial charge >= 0.3 is 0 Å². The second-order valence-electron chi connectivity index (χ2n) is 7.25. The van der Waals surface area contributed by atoms with E-state index in [0.29, 0.717) is 24.8 Å². The van der Waals surface area contributed by atoms with Crippen LogP contribution >= 0.6 is 11.8 Å². The van der Waals surface area contributed by atoms with Gasteiger partial charge in [0.05, 0.1) is 18.9 Å². The Morgan fingerprint density at radius 1 is 1.25 bits per heavy atom. The molecule has 1 saturated carbocycles. The number of amides is 1. The van der Waals surface area contributed by atoms with E-state index in [-0.39, 0.29) is 5.91 Å². The van der Waals surface area contributed by atoms with Gasteiger partial charge in [0.1, 0.15) is 0 Å². The SMILES string of the molecule is COCCn1c(SCC(=O)N(C)CC2CCCCC2)nnc1-c1ccncc1. The fraction of sp³-hybridized carbons (Fsp3) is 0.600. The summed E-state index contributed by atoms with van der Waals surface area (Å²) < 4.78 is 7.25. The largest absolute Gasteiger partial charge is 0.383 e. The van der Waals surface area contributed by atoms with E-state index in [0.717, 1.165) is 23.1 Å². The molecule has 0 aromatic carbocycles. The highest BCUT2D eigenvalue weighted by molar-refractivity contribution is 7.99. The number of carbonyl (C=O) groups excluding carboxylic acids is 1. The Bertz CT molecular complexity index is 746. The van der Waals surface area contributed by atoms with Crippen molar-refractivity contribution in [2.24, 2.45) is 5.92 Å². The average molecular weight is 404 g/mol. The molecule has 0 radical (unpaired) electrons. The first-order valence-electron chi connectivity index (χ1n) is 9.88. The van der Waals surface area contributed by atoms with Crippen LogP contribution in [-0.2, 0) is 16.1 Å². The van der Waals surface area contributed by atoms with Crippen molar-refractivity contribution in [3.05, 3.63) is 24.5 Å². The molecule has 0 aliphatic heterocycles. The van der Waals surface area contributed by atoms with Gasteiger partial charge in [0.2, 0.25) is 5.91 Å². The summed E-state index contributed by atoms with van der Waals surface area (Å²) in [5.41, 5.74) is 0.950. The van der Waals surface area contributed by atoms with Gasteiger partial charge in [-0.3, -0.25) is 14.3 Å². The van der Waals surface area contributed by atoms with Crippen molar-refractivity contribution < 1.29 is 9.53 Å². The number of thioether (sulfide) groups is 1. The number of hydrogen-bond acceptors (Lipinski definition) is 6. The third-order valence-electron chi connectivity index (χ3n) is 5.18. The minimum absolute atomic E-state index is 0.141. The molecule has 0 bridgehead atoms. The highest BCUT2D eigenvalue weighted by atomic mass is 32.2. The second-order valence-corrected chi connectivity index (χ2v) is 8.20. The van der Waals surface area contributed by atoms with Crippen LogP contribution in [0.4, 0.5) is 0 Å². The Hall–Kier alpha value is -1.93. The van der Waals surface area contributed by atoms with E-state index in [4.69, 9.17) is 4.74 Å². The molecule has 8 heteroatoms. The first kappa shape index (κ1) is 20.8. The minimum Gasteiger partial charge on any atom is -0.383 e. The fourth-order valence-corrected chi connectivity index (χ4v) is 4.49. The lowest BCUT2D eigenvalue weighted by molar-refractivity contribution is -0.127. The van der Waals surface area contributed by atoms with Crippen molar-refractivity contribution >= 4 is 17.7 Å². The Balaban J connectivity index is 1.62. The standard InChI is InChI=1S/C20H29N5O2S/c1-24(14-16-6-4-3-5-7-16)18(26)15-28-20-23-22-19(25(20)12-13-27-2)17-8-10-21-11-9-17/h8-11,16H,3-7,12-15H2,1-2H3. The monoisotopic (exact) mass is 403 g/mol. The molecule has 0 N–H and O–H groups in total. The Kier molecular flexibility index (Phi) is 7.85. The Morgan fingerprint density at radius 3 is 2.71 bits per heavy atom. The second kappa shape index (κ2) is 10.6. The molecule has 1 amide bonds. The molecule has 2 heterocycles. The normalized spacial score (nSPS) is 14.9. The van der Waals surface area contributed by atoms with Crippen LogP contribution in [0.5, 0.6) is 0 Å². The van der Waals surface area contributed by atoms with Gasteiger partial charge in [-0.2, -0.15) is 0 Å². The minimum atomic E-state index is 0.141. The maximum atomic E-state index is 12.6. The van der Waals surface area contributed by atoms with E-state index in [1.54, 1.807) is 19.5 Å². The van der Waals surface area contributed by atoms with Crippen LogP contribution in [0, 0.1) is 5.92 Å². The van der Waals surface area contributed by atoms with Crippen LogP contribution in [0.25, 0.3) is 11.4 Å². The molecule has 2 aromatic rings. The third kappa shape index (κ3) is 5.54. The van der Waals surface area contributed by atoms with E-state index in [2.05, 4.69) is 15.2 Å². The summed E-state index contributed by atoms with van der Waals surface area (Å²) in [5.74, 6) is 1.92. The highest BCUT2D eigenvalue weighted by Crippen LogP contribution is 2.26. The van der Waals surface area contributed by atoms with Gasteiger partial charge in [-0.1, -0.05) is 31.0 Å². The smallest absolute Gasteiger partial charge is 0.232 e. The molecule has 28 heavy (non-hydrogen) atoms. The number of hydrogen-bond donors (Lipinski definition) is 0. The van der Waals surface area contributed by atoms with Gasteiger partial charge in [0, 0.05) is 38.7 Å². The van der Waals surface area contributed by atoms with E-state index in [1.807, 2.05) is 28.6 Å². The Labute approximate surface area is 170 Å². The van der Waals surface area contributed by atoms with Crippen molar-refractivity contribution in [2.75, 3.05) is 33.1 Å². The quantitative estimate of drug-likeness (QED) is 0.599. The average Bonchev–Trinajstić information content (AvgIpc) is 3.14. The first-order valence-corrected chi connectivity index (χ1v) is 10.9. The van der Waals surface area contributed by atoms with Gasteiger partial charge < -0.3 is 9.64 Å². The van der Waals surface area contributed by atoms with Crippen molar-refractivity contribution in [1.82, 2.24) is 24.6 Å². The lowest BCUT2D eigenvalue weighted by Gasteiger charge is -2.27. The van der Waals surface area contributed by atoms with Gasteiger partial charge in [-0.05, 0) is 30.9 Å². The van der Waals surface area contributed by atoms with Crippen molar-refractivity contribution in [1.29, 1.82) is 0 Å². The third-order valence-corrected chi connectivity index (χ3v) is 6.13. The molecule has 1 aliphatic rings. The summed E-state index contributed by atoms with van der Waals surface area (Å²) in [7, 11) is 3.59. The van der Waals surface area contributed by atoms with Gasteiger partial charge in [-0.15, -0.1) is 10.2 Å². The van der Waals surface area contributed by atoms with Crippen LogP contribution in [0.3, 0.4) is 0 Å². The summed E-state index contributed by atoms with van der Waals surface area (Å²) in [6, 6.07) is 3.82. The van der Waals surface area contributed by atoms with Gasteiger partial charge in [0.25, 0.3) is 0 Å². The lowest BCUT2D eigenvalue weighted by Crippen LogP contribution is -2.33. The topological polar surface area (TPSA) is 73.1 Å². The van der Waals surface area contributed by atoms with E-state index >= 15 is 0 Å². The molecular formula is C20H29N5O2S. The number of carbonyl (C=O) groups is 1.